The predicted octanol–water partition coefficient (Wildman–Crippen LogP) is 3.44. The summed E-state index contributed by atoms with van der Waals surface area (Å²) in [5, 5.41) is 12.0. The lowest BCUT2D eigenvalue weighted by molar-refractivity contribution is 0.102. The van der Waals surface area contributed by atoms with Gasteiger partial charge >= 0.3 is 0 Å². The van der Waals surface area contributed by atoms with Gasteiger partial charge in [-0.05, 0) is 46.8 Å². The largest absolute Gasteiger partial charge is 0.495 e. The fraction of sp³-hybridized carbons (Fsp3) is 0.125. The molecule has 3 aromatic rings. The Labute approximate surface area is 151 Å². The van der Waals surface area contributed by atoms with Crippen molar-refractivity contribution in [1.82, 2.24) is 20.2 Å². The molecule has 9 heteroatoms. The second-order valence-electron chi connectivity index (χ2n) is 4.91. The minimum atomic E-state index is -0.395. The number of ketones is 1. The molecule has 25 heavy (non-hydrogen) atoms. The molecule has 0 fully saturated rings. The molecule has 2 aromatic carbocycles. The van der Waals surface area contributed by atoms with Crippen molar-refractivity contribution in [2.45, 2.75) is 5.16 Å². The highest BCUT2D eigenvalue weighted by Crippen LogP contribution is 2.26. The molecule has 3 rings (SSSR count). The van der Waals surface area contributed by atoms with Crippen molar-refractivity contribution in [2.75, 3.05) is 12.9 Å². The van der Waals surface area contributed by atoms with Crippen LogP contribution in [-0.4, -0.2) is 38.9 Å². The number of aromatic nitrogens is 4. The molecule has 1 heterocycles. The second-order valence-corrected chi connectivity index (χ2v) is 6.26. The van der Waals surface area contributed by atoms with E-state index in [0.29, 0.717) is 27.2 Å². The van der Waals surface area contributed by atoms with Crippen LogP contribution in [0.1, 0.15) is 10.4 Å². The van der Waals surface area contributed by atoms with E-state index >= 15 is 0 Å². The standard InChI is InChI=1S/C16H12ClFN4O2S/c1-24-15-6-5-10(7-13(15)17)14(23)9-25-16-19-20-21-22(16)12-4-2-3-11(18)8-12/h2-8H,9H2,1H3. The first-order chi connectivity index (χ1) is 12.1. The van der Waals surface area contributed by atoms with Gasteiger partial charge in [0.2, 0.25) is 5.16 Å². The van der Waals surface area contributed by atoms with Gasteiger partial charge in [0.15, 0.2) is 5.78 Å². The number of rotatable bonds is 6. The van der Waals surface area contributed by atoms with Crippen LogP contribution in [-0.2, 0) is 0 Å². The van der Waals surface area contributed by atoms with E-state index < -0.39 is 5.82 Å². The first-order valence-electron chi connectivity index (χ1n) is 7.12. The molecule has 0 saturated heterocycles. The van der Waals surface area contributed by atoms with Crippen LogP contribution < -0.4 is 4.74 Å². The summed E-state index contributed by atoms with van der Waals surface area (Å²) in [6.45, 7) is 0. The molecule has 1 aromatic heterocycles. The lowest BCUT2D eigenvalue weighted by atomic mass is 10.1. The molecule has 0 radical (unpaired) electrons. The number of halogens is 2. The Morgan fingerprint density at radius 2 is 2.16 bits per heavy atom. The Hall–Kier alpha value is -2.45. The molecular formula is C16H12ClFN4O2S. The van der Waals surface area contributed by atoms with Crippen LogP contribution in [0.15, 0.2) is 47.6 Å². The van der Waals surface area contributed by atoms with E-state index in [2.05, 4.69) is 15.5 Å². The van der Waals surface area contributed by atoms with Crippen molar-refractivity contribution >= 4 is 29.1 Å². The van der Waals surface area contributed by atoms with Gasteiger partial charge < -0.3 is 4.74 Å². The highest BCUT2D eigenvalue weighted by Gasteiger charge is 2.14. The SMILES string of the molecule is COc1ccc(C(=O)CSc2nnnn2-c2cccc(F)c2)cc1Cl. The van der Waals surface area contributed by atoms with Crippen LogP contribution in [0.2, 0.25) is 5.02 Å². The van der Waals surface area contributed by atoms with Crippen LogP contribution in [0, 0.1) is 5.82 Å². The van der Waals surface area contributed by atoms with Crippen LogP contribution >= 0.6 is 23.4 Å². The Morgan fingerprint density at radius 1 is 1.32 bits per heavy atom. The molecule has 0 bridgehead atoms. The molecule has 0 aliphatic carbocycles. The molecular weight excluding hydrogens is 367 g/mol. The number of Topliss-reactive ketones (excluding diaryl/α,β-unsaturated/α-hetero) is 1. The normalized spacial score (nSPS) is 10.7. The van der Waals surface area contributed by atoms with Gasteiger partial charge in [-0.15, -0.1) is 5.10 Å². The maximum atomic E-state index is 13.4. The zero-order valence-corrected chi connectivity index (χ0v) is 14.6. The average molecular weight is 379 g/mol. The first kappa shape index (κ1) is 17.4. The van der Waals surface area contributed by atoms with Gasteiger partial charge in [0.25, 0.3) is 0 Å². The zero-order valence-electron chi connectivity index (χ0n) is 13.0. The average Bonchev–Trinajstić information content (AvgIpc) is 3.08. The smallest absolute Gasteiger partial charge is 0.214 e. The third-order valence-electron chi connectivity index (χ3n) is 3.30. The second kappa shape index (κ2) is 7.62. The maximum absolute atomic E-state index is 13.4. The Balaban J connectivity index is 1.73. The number of benzene rings is 2. The summed E-state index contributed by atoms with van der Waals surface area (Å²) in [6, 6.07) is 10.7. The van der Waals surface area contributed by atoms with E-state index in [1.165, 1.54) is 23.9 Å². The lowest BCUT2D eigenvalue weighted by Gasteiger charge is -2.06. The summed E-state index contributed by atoms with van der Waals surface area (Å²) >= 11 is 7.19. The van der Waals surface area contributed by atoms with Gasteiger partial charge in [-0.3, -0.25) is 4.79 Å². The van der Waals surface area contributed by atoms with Gasteiger partial charge in [0.05, 0.1) is 23.6 Å². The van der Waals surface area contributed by atoms with Crippen LogP contribution in [0.4, 0.5) is 4.39 Å². The summed E-state index contributed by atoms with van der Waals surface area (Å²) in [5.41, 5.74) is 0.940. The number of ether oxygens (including phenoxy) is 1. The monoisotopic (exact) mass is 378 g/mol. The Morgan fingerprint density at radius 3 is 2.88 bits per heavy atom. The third-order valence-corrected chi connectivity index (χ3v) is 4.51. The van der Waals surface area contributed by atoms with Gasteiger partial charge in [-0.1, -0.05) is 29.4 Å². The number of methoxy groups -OCH3 is 1. The summed E-state index contributed by atoms with van der Waals surface area (Å²) in [5.74, 6) is 0.0791. The van der Waals surface area contributed by atoms with Crippen molar-refractivity contribution in [1.29, 1.82) is 0 Å². The molecule has 0 aliphatic rings. The van der Waals surface area contributed by atoms with Crippen molar-refractivity contribution in [2.24, 2.45) is 0 Å². The number of carbonyl (C=O) groups is 1. The number of nitrogens with zero attached hydrogens (tertiary/aromatic N) is 4. The van der Waals surface area contributed by atoms with Crippen molar-refractivity contribution in [3.63, 3.8) is 0 Å². The number of carbonyl (C=O) groups excluding carboxylic acids is 1. The third kappa shape index (κ3) is 3.97. The molecule has 0 spiro atoms. The number of thioether (sulfide) groups is 1. The first-order valence-corrected chi connectivity index (χ1v) is 8.48. The van der Waals surface area contributed by atoms with Crippen LogP contribution in [0.25, 0.3) is 5.69 Å². The highest BCUT2D eigenvalue weighted by molar-refractivity contribution is 7.99. The van der Waals surface area contributed by atoms with Crippen molar-refractivity contribution in [3.8, 4) is 11.4 Å². The van der Waals surface area contributed by atoms with E-state index in [0.717, 1.165) is 11.8 Å². The molecule has 128 valence electrons. The number of hydrogen-bond donors (Lipinski definition) is 0. The maximum Gasteiger partial charge on any atom is 0.214 e. The van der Waals surface area contributed by atoms with Crippen molar-refractivity contribution < 1.29 is 13.9 Å². The summed E-state index contributed by atoms with van der Waals surface area (Å²) in [7, 11) is 1.50. The van der Waals surface area contributed by atoms with E-state index in [9.17, 15) is 9.18 Å². The predicted molar refractivity (Wildman–Crippen MR) is 92.2 cm³/mol. The zero-order chi connectivity index (χ0) is 17.8. The molecule has 0 N–H and O–H groups in total. The topological polar surface area (TPSA) is 69.9 Å². The molecule has 0 unspecified atom stereocenters. The molecule has 6 nitrogen and oxygen atoms in total. The molecule has 0 amide bonds. The minimum Gasteiger partial charge on any atom is -0.495 e. The molecule has 0 saturated carbocycles. The highest BCUT2D eigenvalue weighted by atomic mass is 35.5. The van der Waals surface area contributed by atoms with Gasteiger partial charge in [0.1, 0.15) is 11.6 Å². The molecule has 0 atom stereocenters. The number of tetrazole rings is 1. The lowest BCUT2D eigenvalue weighted by Crippen LogP contribution is -2.05. The van der Waals surface area contributed by atoms with E-state index in [1.54, 1.807) is 30.3 Å². The Kier molecular flexibility index (Phi) is 5.30. The summed E-state index contributed by atoms with van der Waals surface area (Å²) < 4.78 is 19.8. The van der Waals surface area contributed by atoms with E-state index in [-0.39, 0.29) is 11.5 Å². The minimum absolute atomic E-state index is 0.109. The fourth-order valence-corrected chi connectivity index (χ4v) is 3.14. The van der Waals surface area contributed by atoms with Crippen LogP contribution in [0.3, 0.4) is 0 Å². The fourth-order valence-electron chi connectivity index (χ4n) is 2.09. The quantitative estimate of drug-likeness (QED) is 0.483. The van der Waals surface area contributed by atoms with E-state index in [4.69, 9.17) is 16.3 Å². The Bertz CT molecular complexity index is 919. The number of hydrogen-bond acceptors (Lipinski definition) is 6. The van der Waals surface area contributed by atoms with Gasteiger partial charge in [0, 0.05) is 5.56 Å². The van der Waals surface area contributed by atoms with Crippen molar-refractivity contribution in [3.05, 3.63) is 58.9 Å². The van der Waals surface area contributed by atoms with Crippen LogP contribution in [0.5, 0.6) is 5.75 Å². The summed E-state index contributed by atoms with van der Waals surface area (Å²) in [6.07, 6.45) is 0. The summed E-state index contributed by atoms with van der Waals surface area (Å²) in [4.78, 5) is 12.3. The van der Waals surface area contributed by atoms with Gasteiger partial charge in [-0.2, -0.15) is 4.68 Å². The van der Waals surface area contributed by atoms with E-state index in [1.807, 2.05) is 0 Å². The molecule has 0 aliphatic heterocycles. The van der Waals surface area contributed by atoms with Gasteiger partial charge in [-0.25, -0.2) is 4.39 Å².